The molecule has 128 valence electrons. The molecule has 0 aliphatic heterocycles. The summed E-state index contributed by atoms with van der Waals surface area (Å²) in [6.07, 6.45) is 1.31. The molecule has 0 bridgehead atoms. The van der Waals surface area contributed by atoms with Gasteiger partial charge in [0.25, 0.3) is 5.56 Å². The Bertz CT molecular complexity index is 806. The van der Waals surface area contributed by atoms with Crippen LogP contribution in [-0.4, -0.2) is 41.0 Å². The molecule has 1 heterocycles. The average molecular weight is 330 g/mol. The zero-order valence-electron chi connectivity index (χ0n) is 14.1. The summed E-state index contributed by atoms with van der Waals surface area (Å²) in [4.78, 5) is 38.8. The largest absolute Gasteiger partial charge is 0.353 e. The van der Waals surface area contributed by atoms with Gasteiger partial charge in [0.15, 0.2) is 0 Å². The minimum absolute atomic E-state index is 0.0295. The maximum Gasteiger partial charge on any atom is 0.328 e. The number of amides is 1. The summed E-state index contributed by atoms with van der Waals surface area (Å²) in [5, 5.41) is 2.84. The molecule has 0 aliphatic rings. The molecule has 2 N–H and O–H groups in total. The molecule has 0 aliphatic carbocycles. The fourth-order valence-corrected chi connectivity index (χ4v) is 2.38. The van der Waals surface area contributed by atoms with Crippen molar-refractivity contribution in [1.29, 1.82) is 0 Å². The first-order chi connectivity index (χ1) is 11.4. The van der Waals surface area contributed by atoms with Gasteiger partial charge in [-0.25, -0.2) is 4.79 Å². The Kier molecular flexibility index (Phi) is 5.70. The highest BCUT2D eigenvalue weighted by molar-refractivity contribution is 5.75. The predicted octanol–water partition coefficient (Wildman–Crippen LogP) is 0.264. The van der Waals surface area contributed by atoms with Gasteiger partial charge in [0.1, 0.15) is 6.54 Å². The number of aromatic amines is 1. The topological polar surface area (TPSA) is 87.2 Å². The molecule has 24 heavy (non-hydrogen) atoms. The van der Waals surface area contributed by atoms with Crippen LogP contribution in [-0.2, 0) is 11.3 Å². The lowest BCUT2D eigenvalue weighted by Gasteiger charge is -2.25. The van der Waals surface area contributed by atoms with E-state index in [1.807, 2.05) is 50.2 Å². The summed E-state index contributed by atoms with van der Waals surface area (Å²) in [5.74, 6) is -0.289. The summed E-state index contributed by atoms with van der Waals surface area (Å²) in [6.45, 7) is 2.31. The molecule has 2 rings (SSSR count). The van der Waals surface area contributed by atoms with Gasteiger partial charge in [-0.2, -0.15) is 0 Å². The molecule has 0 radical (unpaired) electrons. The van der Waals surface area contributed by atoms with Crippen molar-refractivity contribution in [2.75, 3.05) is 20.6 Å². The van der Waals surface area contributed by atoms with Crippen molar-refractivity contribution in [3.05, 3.63) is 68.5 Å². The molecule has 0 saturated carbocycles. The van der Waals surface area contributed by atoms with Crippen LogP contribution in [0.25, 0.3) is 0 Å². The van der Waals surface area contributed by atoms with Crippen molar-refractivity contribution in [1.82, 2.24) is 19.8 Å². The molecule has 0 fully saturated rings. The number of carbonyl (C=O) groups is 1. The zero-order valence-corrected chi connectivity index (χ0v) is 14.1. The highest BCUT2D eigenvalue weighted by Crippen LogP contribution is 2.17. The van der Waals surface area contributed by atoms with Gasteiger partial charge in [0.2, 0.25) is 5.91 Å². The minimum Gasteiger partial charge on any atom is -0.353 e. The normalized spacial score (nSPS) is 12.2. The van der Waals surface area contributed by atoms with E-state index < -0.39 is 11.2 Å². The van der Waals surface area contributed by atoms with Crippen molar-refractivity contribution in [2.24, 2.45) is 0 Å². The Morgan fingerprint density at radius 1 is 1.21 bits per heavy atom. The number of rotatable bonds is 6. The lowest BCUT2D eigenvalue weighted by molar-refractivity contribution is -0.121. The van der Waals surface area contributed by atoms with E-state index in [4.69, 9.17) is 0 Å². The number of H-pyrrole nitrogens is 1. The van der Waals surface area contributed by atoms with Gasteiger partial charge in [-0.1, -0.05) is 29.8 Å². The lowest BCUT2D eigenvalue weighted by atomic mass is 10.0. The predicted molar refractivity (Wildman–Crippen MR) is 91.9 cm³/mol. The highest BCUT2D eigenvalue weighted by Gasteiger charge is 2.15. The zero-order chi connectivity index (χ0) is 17.7. The van der Waals surface area contributed by atoms with E-state index in [1.54, 1.807) is 0 Å². The molecule has 0 spiro atoms. The Morgan fingerprint density at radius 2 is 1.88 bits per heavy atom. The molecule has 7 nitrogen and oxygen atoms in total. The van der Waals surface area contributed by atoms with Crippen molar-refractivity contribution >= 4 is 5.91 Å². The standard InChI is InChI=1S/C17H22N4O3/c1-12-4-6-13(7-5-12)14(20(2)3)10-18-16(23)11-21-9-8-15(22)19-17(21)24/h4-9,14H,10-11H2,1-3H3,(H,18,23)(H,19,22,24). The maximum atomic E-state index is 12.1. The smallest absolute Gasteiger partial charge is 0.328 e. The van der Waals surface area contributed by atoms with Crippen LogP contribution in [0.4, 0.5) is 0 Å². The van der Waals surface area contributed by atoms with Crippen LogP contribution >= 0.6 is 0 Å². The molecule has 0 saturated heterocycles. The van der Waals surface area contributed by atoms with Gasteiger partial charge in [0.05, 0.1) is 6.04 Å². The van der Waals surface area contributed by atoms with Gasteiger partial charge >= 0.3 is 5.69 Å². The van der Waals surface area contributed by atoms with Crippen LogP contribution in [0, 0.1) is 6.92 Å². The van der Waals surface area contributed by atoms with Crippen LogP contribution < -0.4 is 16.6 Å². The second-order valence-electron chi connectivity index (χ2n) is 5.93. The number of likely N-dealkylation sites (N-methyl/N-ethyl adjacent to an activating group) is 1. The van der Waals surface area contributed by atoms with E-state index in [0.717, 1.165) is 10.1 Å². The lowest BCUT2D eigenvalue weighted by Crippen LogP contribution is -2.39. The van der Waals surface area contributed by atoms with Gasteiger partial charge in [-0.3, -0.25) is 19.1 Å². The highest BCUT2D eigenvalue weighted by atomic mass is 16.2. The van der Waals surface area contributed by atoms with Gasteiger partial charge in [-0.15, -0.1) is 0 Å². The van der Waals surface area contributed by atoms with E-state index in [0.29, 0.717) is 6.54 Å². The van der Waals surface area contributed by atoms with E-state index in [-0.39, 0.29) is 18.5 Å². The third-order valence-electron chi connectivity index (χ3n) is 3.79. The van der Waals surface area contributed by atoms with E-state index in [2.05, 4.69) is 10.3 Å². The quantitative estimate of drug-likeness (QED) is 0.796. The Hall–Kier alpha value is -2.67. The molecule has 1 amide bonds. The number of hydrogen-bond acceptors (Lipinski definition) is 4. The first-order valence-corrected chi connectivity index (χ1v) is 7.66. The van der Waals surface area contributed by atoms with Crippen LogP contribution in [0.2, 0.25) is 0 Å². The number of hydrogen-bond donors (Lipinski definition) is 2. The van der Waals surface area contributed by atoms with Crippen molar-refractivity contribution in [3.8, 4) is 0 Å². The maximum absolute atomic E-state index is 12.1. The Labute approximate surface area is 139 Å². The minimum atomic E-state index is -0.597. The molecular weight excluding hydrogens is 308 g/mol. The van der Waals surface area contributed by atoms with Crippen molar-refractivity contribution < 1.29 is 4.79 Å². The SMILES string of the molecule is Cc1ccc(C(CNC(=O)Cn2ccc(=O)[nH]c2=O)N(C)C)cc1. The van der Waals surface area contributed by atoms with Crippen LogP contribution in [0.3, 0.4) is 0 Å². The van der Waals surface area contributed by atoms with E-state index in [9.17, 15) is 14.4 Å². The second kappa shape index (κ2) is 7.74. The summed E-state index contributed by atoms with van der Waals surface area (Å²) in [5.41, 5.74) is 1.20. The van der Waals surface area contributed by atoms with Crippen LogP contribution in [0.1, 0.15) is 17.2 Å². The van der Waals surface area contributed by atoms with Crippen molar-refractivity contribution in [3.63, 3.8) is 0 Å². The summed E-state index contributed by atoms with van der Waals surface area (Å²) >= 11 is 0. The third-order valence-corrected chi connectivity index (χ3v) is 3.79. The fraction of sp³-hybridized carbons (Fsp3) is 0.353. The van der Waals surface area contributed by atoms with Crippen molar-refractivity contribution in [2.45, 2.75) is 19.5 Å². The molecule has 1 aromatic carbocycles. The first-order valence-electron chi connectivity index (χ1n) is 7.66. The summed E-state index contributed by atoms with van der Waals surface area (Å²) < 4.78 is 1.16. The van der Waals surface area contributed by atoms with E-state index >= 15 is 0 Å². The number of carbonyl (C=O) groups excluding carboxylic acids is 1. The van der Waals surface area contributed by atoms with Gasteiger partial charge < -0.3 is 10.2 Å². The van der Waals surface area contributed by atoms with E-state index in [1.165, 1.54) is 17.8 Å². The molecule has 1 atom stereocenters. The number of aromatic nitrogens is 2. The number of nitrogens with one attached hydrogen (secondary N) is 2. The third kappa shape index (κ3) is 4.66. The number of aryl methyl sites for hydroxylation is 1. The molecule has 1 aromatic heterocycles. The van der Waals surface area contributed by atoms with Gasteiger partial charge in [0, 0.05) is 18.8 Å². The molecule has 2 aromatic rings. The van der Waals surface area contributed by atoms with Crippen LogP contribution in [0.5, 0.6) is 0 Å². The summed E-state index contributed by atoms with van der Waals surface area (Å²) in [6, 6.07) is 9.39. The summed E-state index contributed by atoms with van der Waals surface area (Å²) in [7, 11) is 3.90. The monoisotopic (exact) mass is 330 g/mol. The van der Waals surface area contributed by atoms with Gasteiger partial charge in [-0.05, 0) is 26.6 Å². The average Bonchev–Trinajstić information content (AvgIpc) is 2.52. The molecule has 1 unspecified atom stereocenters. The molecule has 7 heteroatoms. The number of nitrogens with zero attached hydrogens (tertiary/aromatic N) is 2. The first kappa shape index (κ1) is 17.7. The molecular formula is C17H22N4O3. The fourth-order valence-electron chi connectivity index (χ4n) is 2.38. The van der Waals surface area contributed by atoms with Crippen LogP contribution in [0.15, 0.2) is 46.1 Å². The number of benzene rings is 1. The second-order valence-corrected chi connectivity index (χ2v) is 5.93. The Morgan fingerprint density at radius 3 is 2.46 bits per heavy atom. The Balaban J connectivity index is 2.01.